The summed E-state index contributed by atoms with van der Waals surface area (Å²) in [6, 6.07) is 8.62. The lowest BCUT2D eigenvalue weighted by molar-refractivity contribution is -0.118. The number of carbonyl (C=O) groups is 2. The fraction of sp³-hybridized carbons (Fsp3) is 0.300. The summed E-state index contributed by atoms with van der Waals surface area (Å²) < 4.78 is 33.5. The van der Waals surface area contributed by atoms with Crippen LogP contribution in [0.2, 0.25) is 5.02 Å². The predicted molar refractivity (Wildman–Crippen MR) is 120 cm³/mol. The van der Waals surface area contributed by atoms with E-state index >= 15 is 0 Å². The number of sulfonamides is 1. The summed E-state index contributed by atoms with van der Waals surface area (Å²) in [4.78, 5) is 23.7. The van der Waals surface area contributed by atoms with Crippen molar-refractivity contribution in [2.75, 3.05) is 17.1 Å². The van der Waals surface area contributed by atoms with Gasteiger partial charge in [-0.1, -0.05) is 25.4 Å². The Labute approximate surface area is 186 Å². The molecule has 0 aliphatic rings. The zero-order valence-electron chi connectivity index (χ0n) is 17.3. The number of urea groups is 1. The zero-order chi connectivity index (χ0) is 23.2. The van der Waals surface area contributed by atoms with E-state index < -0.39 is 28.0 Å². The Kier molecular flexibility index (Phi) is 8.12. The minimum Gasteiger partial charge on any atom is -0.495 e. The summed E-state index contributed by atoms with van der Waals surface area (Å²) in [5, 5.41) is 5.47. The highest BCUT2D eigenvalue weighted by atomic mass is 35.5. The lowest BCUT2D eigenvalue weighted by atomic mass is 10.0. The van der Waals surface area contributed by atoms with Gasteiger partial charge < -0.3 is 21.1 Å². The number of amides is 3. The molecule has 0 aliphatic carbocycles. The number of nitrogens with two attached hydrogens (primary N) is 1. The van der Waals surface area contributed by atoms with Gasteiger partial charge in [0.1, 0.15) is 16.7 Å². The van der Waals surface area contributed by atoms with Crippen molar-refractivity contribution in [2.45, 2.75) is 31.2 Å². The third kappa shape index (κ3) is 7.04. The van der Waals surface area contributed by atoms with E-state index in [9.17, 15) is 18.0 Å². The minimum absolute atomic E-state index is 0.0912. The van der Waals surface area contributed by atoms with Crippen molar-refractivity contribution >= 4 is 44.9 Å². The Morgan fingerprint density at radius 2 is 1.71 bits per heavy atom. The van der Waals surface area contributed by atoms with Gasteiger partial charge in [-0.05, 0) is 54.8 Å². The third-order valence-electron chi connectivity index (χ3n) is 4.16. The number of hydrogen-bond donors (Lipinski definition) is 4. The molecule has 2 rings (SSSR count). The van der Waals surface area contributed by atoms with Gasteiger partial charge in [0.2, 0.25) is 5.91 Å². The molecule has 0 bridgehead atoms. The van der Waals surface area contributed by atoms with Crippen LogP contribution in [-0.4, -0.2) is 33.5 Å². The van der Waals surface area contributed by atoms with Crippen LogP contribution in [0.5, 0.6) is 5.75 Å². The lowest BCUT2D eigenvalue weighted by Gasteiger charge is -2.19. The Bertz CT molecular complexity index is 1040. The molecule has 2 aromatic carbocycles. The molecule has 0 radical (unpaired) electrons. The van der Waals surface area contributed by atoms with Crippen LogP contribution in [0.4, 0.5) is 16.2 Å². The fourth-order valence-corrected chi connectivity index (χ4v) is 4.18. The van der Waals surface area contributed by atoms with Crippen molar-refractivity contribution in [3.8, 4) is 5.75 Å². The summed E-state index contributed by atoms with van der Waals surface area (Å²) in [7, 11) is -2.71. The van der Waals surface area contributed by atoms with Crippen molar-refractivity contribution in [3.05, 3.63) is 47.5 Å². The SMILES string of the molecule is COc1ccc(NC(=O)C(CC(C)C)NC(N)=O)cc1S(=O)(=O)Nc1ccc(Cl)cc1. The second kappa shape index (κ2) is 10.4. The smallest absolute Gasteiger partial charge is 0.312 e. The monoisotopic (exact) mass is 468 g/mol. The first-order chi connectivity index (χ1) is 14.5. The molecular formula is C20H25ClN4O5S. The number of carbonyl (C=O) groups excluding carboxylic acids is 2. The van der Waals surface area contributed by atoms with Crippen molar-refractivity contribution < 1.29 is 22.7 Å². The van der Waals surface area contributed by atoms with Crippen molar-refractivity contribution in [3.63, 3.8) is 0 Å². The summed E-state index contributed by atoms with van der Waals surface area (Å²) in [5.74, 6) is -0.321. The number of primary amides is 1. The van der Waals surface area contributed by atoms with E-state index in [0.717, 1.165) is 0 Å². The van der Waals surface area contributed by atoms with Crippen molar-refractivity contribution in [2.24, 2.45) is 11.7 Å². The van der Waals surface area contributed by atoms with Gasteiger partial charge in [-0.2, -0.15) is 0 Å². The van der Waals surface area contributed by atoms with Crippen LogP contribution in [0.1, 0.15) is 20.3 Å². The van der Waals surface area contributed by atoms with E-state index in [-0.39, 0.29) is 22.3 Å². The molecule has 0 spiro atoms. The van der Waals surface area contributed by atoms with Gasteiger partial charge in [-0.15, -0.1) is 0 Å². The molecule has 5 N–H and O–H groups in total. The number of halogens is 1. The Balaban J connectivity index is 2.31. The normalized spacial score (nSPS) is 12.2. The minimum atomic E-state index is -4.04. The molecule has 31 heavy (non-hydrogen) atoms. The Hall–Kier alpha value is -2.98. The summed E-state index contributed by atoms with van der Waals surface area (Å²) >= 11 is 5.83. The molecule has 0 aliphatic heterocycles. The van der Waals surface area contributed by atoms with Crippen LogP contribution in [0.3, 0.4) is 0 Å². The van der Waals surface area contributed by atoms with E-state index in [0.29, 0.717) is 17.1 Å². The first kappa shape index (κ1) is 24.3. The summed E-state index contributed by atoms with van der Waals surface area (Å²) in [6.45, 7) is 3.78. The molecule has 0 heterocycles. The van der Waals surface area contributed by atoms with Gasteiger partial charge in [-0.25, -0.2) is 13.2 Å². The number of hydrogen-bond acceptors (Lipinski definition) is 5. The average molecular weight is 469 g/mol. The molecule has 0 saturated heterocycles. The van der Waals surface area contributed by atoms with E-state index in [1.54, 1.807) is 12.1 Å². The van der Waals surface area contributed by atoms with Crippen LogP contribution in [0, 0.1) is 5.92 Å². The molecule has 9 nitrogen and oxygen atoms in total. The highest BCUT2D eigenvalue weighted by Gasteiger charge is 2.24. The molecule has 2 aromatic rings. The fourth-order valence-electron chi connectivity index (χ4n) is 2.80. The molecule has 11 heteroatoms. The largest absolute Gasteiger partial charge is 0.495 e. The number of rotatable bonds is 9. The van der Waals surface area contributed by atoms with Crippen LogP contribution in [0.15, 0.2) is 47.4 Å². The predicted octanol–water partition coefficient (Wildman–Crippen LogP) is 3.17. The molecule has 0 saturated carbocycles. The standard InChI is InChI=1S/C20H25ClN4O5S/c1-12(2)10-16(24-20(22)27)19(26)23-15-8-9-17(30-3)18(11-15)31(28,29)25-14-6-4-13(21)5-7-14/h4-9,11-12,16,25H,10H2,1-3H3,(H,23,26)(H3,22,24,27). The van der Waals surface area contributed by atoms with Gasteiger partial charge >= 0.3 is 6.03 Å². The molecule has 0 aromatic heterocycles. The summed E-state index contributed by atoms with van der Waals surface area (Å²) in [6.07, 6.45) is 0.355. The number of anilines is 2. The zero-order valence-corrected chi connectivity index (χ0v) is 18.9. The second-order valence-corrected chi connectivity index (χ2v) is 9.25. The highest BCUT2D eigenvalue weighted by Crippen LogP contribution is 2.29. The third-order valence-corrected chi connectivity index (χ3v) is 5.81. The number of nitrogens with one attached hydrogen (secondary N) is 3. The van der Waals surface area contributed by atoms with Gasteiger partial charge in [0.05, 0.1) is 7.11 Å². The first-order valence-electron chi connectivity index (χ1n) is 9.35. The molecule has 168 valence electrons. The Morgan fingerprint density at radius 3 is 2.26 bits per heavy atom. The van der Waals surface area contributed by atoms with E-state index in [2.05, 4.69) is 15.4 Å². The average Bonchev–Trinajstić information content (AvgIpc) is 2.68. The molecule has 0 fully saturated rings. The van der Waals surface area contributed by atoms with E-state index in [1.807, 2.05) is 13.8 Å². The maximum Gasteiger partial charge on any atom is 0.312 e. The molecule has 1 unspecified atom stereocenters. The van der Waals surface area contributed by atoms with Crippen LogP contribution in [-0.2, 0) is 14.8 Å². The van der Waals surface area contributed by atoms with Crippen molar-refractivity contribution in [1.29, 1.82) is 0 Å². The lowest BCUT2D eigenvalue weighted by Crippen LogP contribution is -2.46. The molecule has 1 atom stereocenters. The van der Waals surface area contributed by atoms with Crippen LogP contribution in [0.25, 0.3) is 0 Å². The Morgan fingerprint density at radius 1 is 1.10 bits per heavy atom. The van der Waals surface area contributed by atoms with Gasteiger partial charge in [0, 0.05) is 16.4 Å². The molecular weight excluding hydrogens is 444 g/mol. The second-order valence-electron chi connectivity index (χ2n) is 7.16. The topological polar surface area (TPSA) is 140 Å². The quantitative estimate of drug-likeness (QED) is 0.447. The van der Waals surface area contributed by atoms with Crippen LogP contribution >= 0.6 is 11.6 Å². The first-order valence-corrected chi connectivity index (χ1v) is 11.2. The number of benzene rings is 2. The number of methoxy groups -OCH3 is 1. The van der Waals surface area contributed by atoms with Gasteiger partial charge in [0.15, 0.2) is 0 Å². The molecule has 3 amide bonds. The maximum absolute atomic E-state index is 12.9. The van der Waals surface area contributed by atoms with Crippen molar-refractivity contribution in [1.82, 2.24) is 5.32 Å². The maximum atomic E-state index is 12.9. The van der Waals surface area contributed by atoms with E-state index in [4.69, 9.17) is 22.1 Å². The summed E-state index contributed by atoms with van der Waals surface area (Å²) in [5.41, 5.74) is 5.68. The van der Waals surface area contributed by atoms with Gasteiger partial charge in [0.25, 0.3) is 10.0 Å². The highest BCUT2D eigenvalue weighted by molar-refractivity contribution is 7.92. The number of ether oxygens (including phenoxy) is 1. The van der Waals surface area contributed by atoms with Crippen LogP contribution < -0.4 is 25.8 Å². The van der Waals surface area contributed by atoms with E-state index in [1.165, 1.54) is 37.4 Å². The van der Waals surface area contributed by atoms with Gasteiger partial charge in [-0.3, -0.25) is 9.52 Å².